The lowest BCUT2D eigenvalue weighted by atomic mass is 9.83. The number of methoxy groups -OCH3 is 2. The standard InChI is InChI=1S/C24H22F7N3O6S2/c1-13-4-6-14(7-5-13)42(37,38)34-12-19(15-8-9-22(40-3,11-18(15)34)24(29,30)31)41(35,36)33-17-10-16(25)20(23(26,27)28)32-21(17)39-2/h4-7,10,12,33H,8-9,11H2,1-3H3/t22-/m0/s1. The summed E-state index contributed by atoms with van der Waals surface area (Å²) in [4.78, 5) is 1.82. The maximum absolute atomic E-state index is 14.2. The van der Waals surface area contributed by atoms with E-state index in [-0.39, 0.29) is 16.5 Å². The molecular weight excluding hydrogens is 623 g/mol. The Kier molecular flexibility index (Phi) is 7.82. The van der Waals surface area contributed by atoms with E-state index in [1.54, 1.807) is 6.92 Å². The van der Waals surface area contributed by atoms with Crippen LogP contribution in [0.1, 0.15) is 28.9 Å². The van der Waals surface area contributed by atoms with Crippen molar-refractivity contribution >= 4 is 25.7 Å². The molecule has 0 saturated carbocycles. The van der Waals surface area contributed by atoms with E-state index in [0.29, 0.717) is 15.7 Å². The molecule has 0 fully saturated rings. The Morgan fingerprint density at radius 3 is 2.17 bits per heavy atom. The van der Waals surface area contributed by atoms with Crippen LogP contribution in [0.5, 0.6) is 5.88 Å². The summed E-state index contributed by atoms with van der Waals surface area (Å²) in [5.74, 6) is -2.92. The number of fused-ring (bicyclic) bond motifs is 1. The van der Waals surface area contributed by atoms with Crippen molar-refractivity contribution in [2.45, 2.75) is 53.9 Å². The Morgan fingerprint density at radius 2 is 1.64 bits per heavy atom. The van der Waals surface area contributed by atoms with Crippen LogP contribution < -0.4 is 9.46 Å². The average molecular weight is 646 g/mol. The molecule has 42 heavy (non-hydrogen) atoms. The zero-order valence-corrected chi connectivity index (χ0v) is 23.5. The normalized spacial score (nSPS) is 18.0. The van der Waals surface area contributed by atoms with Gasteiger partial charge < -0.3 is 9.47 Å². The molecule has 9 nitrogen and oxygen atoms in total. The number of aryl methyl sites for hydroxylation is 1. The number of rotatable bonds is 7. The molecule has 1 aliphatic carbocycles. The van der Waals surface area contributed by atoms with Gasteiger partial charge in [0.15, 0.2) is 17.1 Å². The number of aromatic nitrogens is 2. The van der Waals surface area contributed by atoms with Gasteiger partial charge in [0.05, 0.1) is 12.0 Å². The van der Waals surface area contributed by atoms with Crippen LogP contribution in [0.4, 0.5) is 36.4 Å². The van der Waals surface area contributed by atoms with Crippen molar-refractivity contribution in [2.24, 2.45) is 0 Å². The minimum absolute atomic E-state index is 0.165. The minimum atomic E-state index is -5.25. The van der Waals surface area contributed by atoms with E-state index in [4.69, 9.17) is 4.74 Å². The Hall–Kier alpha value is -3.38. The summed E-state index contributed by atoms with van der Waals surface area (Å²) in [6.07, 6.45) is -12.1. The summed E-state index contributed by atoms with van der Waals surface area (Å²) in [7, 11) is -8.03. The van der Waals surface area contributed by atoms with Crippen molar-refractivity contribution in [3.8, 4) is 5.88 Å². The number of ether oxygens (including phenoxy) is 2. The number of anilines is 1. The van der Waals surface area contributed by atoms with Gasteiger partial charge in [-0.25, -0.2) is 30.2 Å². The number of halogens is 7. The third kappa shape index (κ3) is 5.42. The molecule has 2 aromatic heterocycles. The van der Waals surface area contributed by atoms with E-state index in [1.165, 1.54) is 24.3 Å². The molecule has 0 amide bonds. The van der Waals surface area contributed by atoms with Gasteiger partial charge in [-0.1, -0.05) is 17.7 Å². The molecule has 0 bridgehead atoms. The highest BCUT2D eigenvalue weighted by atomic mass is 32.2. The van der Waals surface area contributed by atoms with Gasteiger partial charge in [0.25, 0.3) is 20.0 Å². The lowest BCUT2D eigenvalue weighted by molar-refractivity contribution is -0.273. The Balaban J connectivity index is 1.91. The van der Waals surface area contributed by atoms with Crippen LogP contribution in [0.3, 0.4) is 0 Å². The van der Waals surface area contributed by atoms with Gasteiger partial charge in [0, 0.05) is 31.5 Å². The summed E-state index contributed by atoms with van der Waals surface area (Å²) in [5, 5.41) is 0. The van der Waals surface area contributed by atoms with Crippen LogP contribution in [0.25, 0.3) is 0 Å². The van der Waals surface area contributed by atoms with Crippen LogP contribution in [-0.2, 0) is 43.8 Å². The minimum Gasteiger partial charge on any atom is -0.479 e. The first-order valence-corrected chi connectivity index (χ1v) is 14.7. The predicted octanol–water partition coefficient (Wildman–Crippen LogP) is 4.83. The molecule has 0 unspecified atom stereocenters. The second-order valence-corrected chi connectivity index (χ2v) is 12.9. The zero-order valence-electron chi connectivity index (χ0n) is 21.9. The van der Waals surface area contributed by atoms with Gasteiger partial charge in [-0.15, -0.1) is 0 Å². The van der Waals surface area contributed by atoms with Crippen LogP contribution >= 0.6 is 0 Å². The fraction of sp³-hybridized carbons (Fsp3) is 0.375. The highest BCUT2D eigenvalue weighted by Gasteiger charge is 2.58. The average Bonchev–Trinajstić information content (AvgIpc) is 3.28. The number of benzene rings is 1. The molecule has 1 aliphatic rings. The van der Waals surface area contributed by atoms with E-state index in [9.17, 15) is 47.6 Å². The number of nitrogens with one attached hydrogen (secondary N) is 1. The Bertz CT molecular complexity index is 1740. The van der Waals surface area contributed by atoms with Crippen LogP contribution in [0, 0.1) is 12.7 Å². The SMILES string of the molecule is COc1nc(C(F)(F)F)c(F)cc1NS(=O)(=O)c1cn(S(=O)(=O)c2ccc(C)cc2)c2c1CC[C@@](OC)(C(F)(F)F)C2. The molecule has 1 aromatic carbocycles. The maximum Gasteiger partial charge on any atom is 0.436 e. The van der Waals surface area contributed by atoms with E-state index < -0.39 is 90.9 Å². The second-order valence-electron chi connectivity index (χ2n) is 9.38. The lowest BCUT2D eigenvalue weighted by Crippen LogP contribution is -2.51. The van der Waals surface area contributed by atoms with Crippen molar-refractivity contribution in [2.75, 3.05) is 18.9 Å². The van der Waals surface area contributed by atoms with E-state index in [2.05, 4.69) is 9.72 Å². The summed E-state index contributed by atoms with van der Waals surface area (Å²) < 4.78 is 162. The first-order valence-electron chi connectivity index (χ1n) is 11.8. The zero-order chi connectivity index (χ0) is 31.5. The highest BCUT2D eigenvalue weighted by Crippen LogP contribution is 2.46. The van der Waals surface area contributed by atoms with E-state index >= 15 is 0 Å². The molecule has 0 aliphatic heterocycles. The smallest absolute Gasteiger partial charge is 0.436 e. The second kappa shape index (κ2) is 10.4. The quantitative estimate of drug-likeness (QED) is 0.366. The molecule has 18 heteroatoms. The van der Waals surface area contributed by atoms with Crippen molar-refractivity contribution in [1.29, 1.82) is 0 Å². The van der Waals surface area contributed by atoms with Gasteiger partial charge in [0.2, 0.25) is 5.88 Å². The Morgan fingerprint density at radius 1 is 1.02 bits per heavy atom. The van der Waals surface area contributed by atoms with Crippen LogP contribution in [-0.4, -0.2) is 51.8 Å². The maximum atomic E-state index is 14.2. The third-order valence-electron chi connectivity index (χ3n) is 6.80. The highest BCUT2D eigenvalue weighted by molar-refractivity contribution is 7.93. The molecule has 4 rings (SSSR count). The van der Waals surface area contributed by atoms with Gasteiger partial charge in [-0.3, -0.25) is 4.72 Å². The van der Waals surface area contributed by atoms with Crippen molar-refractivity contribution in [1.82, 2.24) is 8.96 Å². The lowest BCUT2D eigenvalue weighted by Gasteiger charge is -2.38. The fourth-order valence-corrected chi connectivity index (χ4v) is 7.39. The predicted molar refractivity (Wildman–Crippen MR) is 133 cm³/mol. The topological polar surface area (TPSA) is 117 Å². The van der Waals surface area contributed by atoms with Crippen molar-refractivity contribution in [3.63, 3.8) is 0 Å². The van der Waals surface area contributed by atoms with Gasteiger partial charge >= 0.3 is 12.4 Å². The summed E-state index contributed by atoms with van der Waals surface area (Å²) >= 11 is 0. The number of pyridine rings is 1. The van der Waals surface area contributed by atoms with E-state index in [0.717, 1.165) is 14.2 Å². The molecule has 1 N–H and O–H groups in total. The summed E-state index contributed by atoms with van der Waals surface area (Å²) in [6, 6.07) is 5.38. The summed E-state index contributed by atoms with van der Waals surface area (Å²) in [6.45, 7) is 1.66. The van der Waals surface area contributed by atoms with Gasteiger partial charge in [0.1, 0.15) is 10.6 Å². The van der Waals surface area contributed by atoms with Gasteiger partial charge in [-0.2, -0.15) is 26.3 Å². The third-order valence-corrected chi connectivity index (χ3v) is 9.93. The molecule has 1 atom stereocenters. The van der Waals surface area contributed by atoms with Crippen molar-refractivity contribution in [3.05, 3.63) is 64.9 Å². The van der Waals surface area contributed by atoms with Crippen molar-refractivity contribution < 1.29 is 57.0 Å². The first kappa shape index (κ1) is 31.6. The van der Waals surface area contributed by atoms with Crippen LogP contribution in [0.2, 0.25) is 0 Å². The largest absolute Gasteiger partial charge is 0.479 e. The van der Waals surface area contributed by atoms with Crippen LogP contribution in [0.15, 0.2) is 46.3 Å². The number of hydrogen-bond acceptors (Lipinski definition) is 7. The number of sulfonamides is 1. The number of alkyl halides is 6. The molecule has 0 radical (unpaired) electrons. The first-order chi connectivity index (χ1) is 19.3. The molecule has 0 spiro atoms. The monoisotopic (exact) mass is 645 g/mol. The molecule has 230 valence electrons. The molecule has 0 saturated heterocycles. The molecular formula is C24H22F7N3O6S2. The summed E-state index contributed by atoms with van der Waals surface area (Å²) in [5.41, 5.74) is -5.89. The Labute approximate surface area is 235 Å². The fourth-order valence-electron chi connectivity index (χ4n) is 4.58. The molecule has 3 aromatic rings. The van der Waals surface area contributed by atoms with E-state index in [1.807, 2.05) is 4.72 Å². The number of nitrogens with zero attached hydrogens (tertiary/aromatic N) is 2. The molecule has 2 heterocycles. The van der Waals surface area contributed by atoms with Gasteiger partial charge in [-0.05, 0) is 37.5 Å². The number of hydrogen-bond donors (Lipinski definition) is 1.